The number of nitrogens with zero attached hydrogens (tertiary/aromatic N) is 2. The Kier molecular flexibility index (Phi) is 8.62. The van der Waals surface area contributed by atoms with Crippen LogP contribution in [-0.2, 0) is 16.1 Å². The first kappa shape index (κ1) is 20.0. The van der Waals surface area contributed by atoms with Crippen LogP contribution in [0.25, 0.3) is 0 Å². The molecule has 0 bridgehead atoms. The van der Waals surface area contributed by atoms with Crippen molar-refractivity contribution >= 4 is 36.5 Å². The second kappa shape index (κ2) is 9.93. The molecule has 130 valence electrons. The molecule has 1 atom stereocenters. The van der Waals surface area contributed by atoms with Gasteiger partial charge in [0.2, 0.25) is 5.91 Å². The van der Waals surface area contributed by atoms with Crippen LogP contribution in [0.2, 0.25) is 0 Å². The highest BCUT2D eigenvalue weighted by Crippen LogP contribution is 2.13. The van der Waals surface area contributed by atoms with E-state index in [1.165, 1.54) is 0 Å². The average molecular weight is 363 g/mol. The molecule has 2 fully saturated rings. The normalized spacial score (nSPS) is 20.3. The Bertz CT molecular complexity index is 475. The van der Waals surface area contributed by atoms with E-state index in [2.05, 4.69) is 20.5 Å². The average Bonchev–Trinajstić information content (AvgIpc) is 3.08. The summed E-state index contributed by atoms with van der Waals surface area (Å²) in [4.78, 5) is 18.6. The molecule has 2 aliphatic heterocycles. The minimum Gasteiger partial charge on any atom is -0.378 e. The van der Waals surface area contributed by atoms with Gasteiger partial charge in [-0.15, -0.1) is 24.8 Å². The lowest BCUT2D eigenvalue weighted by Crippen LogP contribution is -2.40. The number of anilines is 1. The molecule has 3 rings (SSSR count). The molecular formula is C15H24Cl2N4O2. The Balaban J connectivity index is 0.00000132. The molecule has 23 heavy (non-hydrogen) atoms. The maximum absolute atomic E-state index is 11.9. The van der Waals surface area contributed by atoms with Crippen LogP contribution in [0.4, 0.5) is 5.82 Å². The van der Waals surface area contributed by atoms with Crippen LogP contribution in [-0.4, -0.2) is 49.8 Å². The molecule has 2 aliphatic rings. The van der Waals surface area contributed by atoms with Crippen molar-refractivity contribution in [2.75, 3.05) is 37.7 Å². The molecule has 8 heteroatoms. The number of hydrogen-bond donors (Lipinski definition) is 2. The zero-order valence-corrected chi connectivity index (χ0v) is 14.6. The summed E-state index contributed by atoms with van der Waals surface area (Å²) in [6, 6.07) is 4.02. The van der Waals surface area contributed by atoms with E-state index in [9.17, 15) is 4.79 Å². The van der Waals surface area contributed by atoms with Crippen LogP contribution in [0.15, 0.2) is 18.3 Å². The second-order valence-electron chi connectivity index (χ2n) is 5.49. The molecule has 1 aromatic heterocycles. The smallest absolute Gasteiger partial charge is 0.237 e. The van der Waals surface area contributed by atoms with Crippen LogP contribution < -0.4 is 15.5 Å². The van der Waals surface area contributed by atoms with Crippen LogP contribution in [0.1, 0.15) is 18.4 Å². The van der Waals surface area contributed by atoms with E-state index in [1.54, 1.807) is 0 Å². The molecule has 3 heterocycles. The number of hydrogen-bond acceptors (Lipinski definition) is 5. The number of aromatic nitrogens is 1. The highest BCUT2D eigenvalue weighted by atomic mass is 35.5. The quantitative estimate of drug-likeness (QED) is 0.840. The molecule has 1 amide bonds. The minimum atomic E-state index is -0.0226. The Morgan fingerprint density at radius 3 is 2.74 bits per heavy atom. The first-order valence-corrected chi connectivity index (χ1v) is 7.61. The van der Waals surface area contributed by atoms with Crippen molar-refractivity contribution < 1.29 is 9.53 Å². The van der Waals surface area contributed by atoms with E-state index in [0.717, 1.165) is 57.1 Å². The number of carbonyl (C=O) groups excluding carboxylic acids is 1. The molecule has 2 N–H and O–H groups in total. The fourth-order valence-electron chi connectivity index (χ4n) is 2.72. The Morgan fingerprint density at radius 1 is 1.35 bits per heavy atom. The number of morpholine rings is 1. The van der Waals surface area contributed by atoms with Crippen LogP contribution in [0.3, 0.4) is 0 Å². The summed E-state index contributed by atoms with van der Waals surface area (Å²) < 4.78 is 5.34. The molecule has 2 saturated heterocycles. The molecular weight excluding hydrogens is 339 g/mol. The summed E-state index contributed by atoms with van der Waals surface area (Å²) in [5.41, 5.74) is 1.03. The SMILES string of the molecule is Cl.Cl.O=C(NCc1ccc(N2CCOCC2)nc1)C1CCCN1. The number of carbonyl (C=O) groups is 1. The van der Waals surface area contributed by atoms with E-state index in [0.29, 0.717) is 6.54 Å². The van der Waals surface area contributed by atoms with Crippen molar-refractivity contribution in [3.8, 4) is 0 Å². The Labute approximate surface area is 149 Å². The number of pyridine rings is 1. The second-order valence-corrected chi connectivity index (χ2v) is 5.49. The van der Waals surface area contributed by atoms with Crippen LogP contribution >= 0.6 is 24.8 Å². The Morgan fingerprint density at radius 2 is 2.13 bits per heavy atom. The molecule has 0 aliphatic carbocycles. The number of nitrogens with one attached hydrogen (secondary N) is 2. The van der Waals surface area contributed by atoms with Gasteiger partial charge in [0.15, 0.2) is 0 Å². The third-order valence-corrected chi connectivity index (χ3v) is 3.99. The standard InChI is InChI=1S/C15H22N4O2.2ClH/c20-15(13-2-1-5-16-13)18-11-12-3-4-14(17-10-12)19-6-8-21-9-7-19;;/h3-4,10,13,16H,1-2,5-9,11H2,(H,18,20);2*1H. The maximum Gasteiger partial charge on any atom is 0.237 e. The van der Waals surface area contributed by atoms with E-state index in [1.807, 2.05) is 18.3 Å². The van der Waals surface area contributed by atoms with Gasteiger partial charge in [-0.2, -0.15) is 0 Å². The van der Waals surface area contributed by atoms with Crippen LogP contribution in [0, 0.1) is 0 Å². The topological polar surface area (TPSA) is 66.5 Å². The summed E-state index contributed by atoms with van der Waals surface area (Å²) in [6.45, 7) is 4.76. The van der Waals surface area contributed by atoms with Gasteiger partial charge < -0.3 is 20.3 Å². The molecule has 0 saturated carbocycles. The van der Waals surface area contributed by atoms with E-state index < -0.39 is 0 Å². The van der Waals surface area contributed by atoms with Gasteiger partial charge in [-0.3, -0.25) is 4.79 Å². The lowest BCUT2D eigenvalue weighted by Gasteiger charge is -2.27. The van der Waals surface area contributed by atoms with Gasteiger partial charge in [-0.25, -0.2) is 4.98 Å². The molecule has 0 aromatic carbocycles. The number of halogens is 2. The van der Waals surface area contributed by atoms with Crippen molar-refractivity contribution in [3.05, 3.63) is 23.9 Å². The minimum absolute atomic E-state index is 0. The van der Waals surface area contributed by atoms with Gasteiger partial charge in [-0.05, 0) is 31.0 Å². The van der Waals surface area contributed by atoms with Crippen LogP contribution in [0.5, 0.6) is 0 Å². The van der Waals surface area contributed by atoms with Gasteiger partial charge in [0.25, 0.3) is 0 Å². The van der Waals surface area contributed by atoms with Gasteiger partial charge in [0.05, 0.1) is 19.3 Å². The monoisotopic (exact) mass is 362 g/mol. The zero-order valence-electron chi connectivity index (χ0n) is 13.0. The van der Waals surface area contributed by atoms with Crippen molar-refractivity contribution in [1.29, 1.82) is 0 Å². The lowest BCUT2D eigenvalue weighted by molar-refractivity contribution is -0.122. The van der Waals surface area contributed by atoms with E-state index >= 15 is 0 Å². The first-order chi connectivity index (χ1) is 10.3. The van der Waals surface area contributed by atoms with Crippen molar-refractivity contribution in [2.24, 2.45) is 0 Å². The van der Waals surface area contributed by atoms with Crippen molar-refractivity contribution in [1.82, 2.24) is 15.6 Å². The van der Waals surface area contributed by atoms with E-state index in [-0.39, 0.29) is 36.8 Å². The highest BCUT2D eigenvalue weighted by molar-refractivity contribution is 5.85. The predicted molar refractivity (Wildman–Crippen MR) is 94.6 cm³/mol. The van der Waals surface area contributed by atoms with E-state index in [4.69, 9.17) is 4.74 Å². The number of ether oxygens (including phenoxy) is 1. The maximum atomic E-state index is 11.9. The summed E-state index contributed by atoms with van der Waals surface area (Å²) in [7, 11) is 0. The highest BCUT2D eigenvalue weighted by Gasteiger charge is 2.21. The van der Waals surface area contributed by atoms with Crippen molar-refractivity contribution in [3.63, 3.8) is 0 Å². The summed E-state index contributed by atoms with van der Waals surface area (Å²) in [5.74, 6) is 1.07. The van der Waals surface area contributed by atoms with Crippen molar-refractivity contribution in [2.45, 2.75) is 25.4 Å². The predicted octanol–water partition coefficient (Wildman–Crippen LogP) is 1.13. The van der Waals surface area contributed by atoms with Gasteiger partial charge in [-0.1, -0.05) is 6.07 Å². The Hall–Kier alpha value is -1.08. The lowest BCUT2D eigenvalue weighted by atomic mass is 10.2. The molecule has 1 unspecified atom stereocenters. The molecule has 0 radical (unpaired) electrons. The zero-order chi connectivity index (χ0) is 14.5. The summed E-state index contributed by atoms with van der Waals surface area (Å²) >= 11 is 0. The number of rotatable bonds is 4. The van der Waals surface area contributed by atoms with Gasteiger partial charge in [0, 0.05) is 25.8 Å². The third kappa shape index (κ3) is 5.49. The molecule has 6 nitrogen and oxygen atoms in total. The first-order valence-electron chi connectivity index (χ1n) is 7.61. The largest absolute Gasteiger partial charge is 0.378 e. The number of amides is 1. The third-order valence-electron chi connectivity index (χ3n) is 3.99. The molecule has 0 spiro atoms. The fraction of sp³-hybridized carbons (Fsp3) is 0.600. The molecule has 1 aromatic rings. The fourth-order valence-corrected chi connectivity index (χ4v) is 2.72. The summed E-state index contributed by atoms with van der Waals surface area (Å²) in [6.07, 6.45) is 3.85. The van der Waals surface area contributed by atoms with Gasteiger partial charge >= 0.3 is 0 Å². The van der Waals surface area contributed by atoms with Gasteiger partial charge in [0.1, 0.15) is 5.82 Å². The summed E-state index contributed by atoms with van der Waals surface area (Å²) in [5, 5.41) is 6.16.